The van der Waals surface area contributed by atoms with Crippen LogP contribution in [0.15, 0.2) is 71.1 Å². The molecule has 0 atom stereocenters. The first kappa shape index (κ1) is 24.0. The Morgan fingerprint density at radius 3 is 2.03 bits per heavy atom. The van der Waals surface area contributed by atoms with Gasteiger partial charge in [0.25, 0.3) is 0 Å². The van der Waals surface area contributed by atoms with Gasteiger partial charge in [0.1, 0.15) is 12.4 Å². The molecule has 36 heavy (non-hydrogen) atoms. The predicted molar refractivity (Wildman–Crippen MR) is 133 cm³/mol. The summed E-state index contributed by atoms with van der Waals surface area (Å²) in [7, 11) is 0. The van der Waals surface area contributed by atoms with Gasteiger partial charge in [-0.3, -0.25) is 9.59 Å². The molecule has 0 bridgehead atoms. The first-order valence-corrected chi connectivity index (χ1v) is 12.7. The van der Waals surface area contributed by atoms with Gasteiger partial charge >= 0.3 is 0 Å². The molecular formula is C30H30NO5-. The maximum atomic E-state index is 13.3. The molecular weight excluding hydrogens is 454 g/mol. The molecule has 5 rings (SSSR count). The number of Topliss-reactive ketones (excluding diaryl/α,β-unsaturated/α-hetero) is 2. The number of hydrogen-bond acceptors (Lipinski definition) is 6. The topological polar surface area (TPSA) is 86.7 Å². The van der Waals surface area contributed by atoms with Gasteiger partial charge < -0.3 is 19.5 Å². The molecule has 186 valence electrons. The highest BCUT2D eigenvalue weighted by Gasteiger charge is 2.43. The van der Waals surface area contributed by atoms with Gasteiger partial charge in [-0.1, -0.05) is 42.0 Å². The summed E-state index contributed by atoms with van der Waals surface area (Å²) in [4.78, 5) is 39.7. The van der Waals surface area contributed by atoms with E-state index in [-0.39, 0.29) is 24.5 Å². The number of ketones is 2. The van der Waals surface area contributed by atoms with Gasteiger partial charge in [-0.15, -0.1) is 0 Å². The number of carboxylic acids is 1. The molecule has 1 aliphatic heterocycles. The van der Waals surface area contributed by atoms with Crippen LogP contribution in [0.1, 0.15) is 67.6 Å². The molecule has 2 aromatic rings. The number of carboxylic acid groups (broad SMARTS) is 1. The van der Waals surface area contributed by atoms with Crippen molar-refractivity contribution < 1.29 is 24.2 Å². The number of allylic oxidation sites excluding steroid dienone is 4. The van der Waals surface area contributed by atoms with Gasteiger partial charge in [-0.2, -0.15) is 0 Å². The lowest BCUT2D eigenvalue weighted by atomic mass is 9.71. The van der Waals surface area contributed by atoms with E-state index in [2.05, 4.69) is 12.1 Å². The summed E-state index contributed by atoms with van der Waals surface area (Å²) in [5.74, 6) is -0.736. The number of carbonyl (C=O) groups is 3. The third-order valence-electron chi connectivity index (χ3n) is 7.37. The van der Waals surface area contributed by atoms with E-state index < -0.39 is 11.9 Å². The van der Waals surface area contributed by atoms with Crippen LogP contribution in [0.2, 0.25) is 0 Å². The summed E-state index contributed by atoms with van der Waals surface area (Å²) in [6.07, 6.45) is 3.60. The van der Waals surface area contributed by atoms with Crippen LogP contribution >= 0.6 is 0 Å². The van der Waals surface area contributed by atoms with E-state index in [1.54, 1.807) is 0 Å². The van der Waals surface area contributed by atoms with Crippen molar-refractivity contribution in [2.45, 2.75) is 64.4 Å². The number of nitrogens with zero attached hydrogens (tertiary/aromatic N) is 1. The van der Waals surface area contributed by atoms with Crippen LogP contribution in [0.25, 0.3) is 0 Å². The highest BCUT2D eigenvalue weighted by atomic mass is 16.5. The molecule has 0 radical (unpaired) electrons. The molecule has 0 unspecified atom stereocenters. The van der Waals surface area contributed by atoms with Gasteiger partial charge in [0, 0.05) is 60.2 Å². The van der Waals surface area contributed by atoms with Gasteiger partial charge in [0.15, 0.2) is 11.6 Å². The number of rotatable bonds is 7. The lowest BCUT2D eigenvalue weighted by molar-refractivity contribution is -0.305. The molecule has 2 aliphatic carbocycles. The lowest BCUT2D eigenvalue weighted by Gasteiger charge is -2.44. The van der Waals surface area contributed by atoms with E-state index in [0.717, 1.165) is 41.1 Å². The second kappa shape index (κ2) is 10.1. The van der Waals surface area contributed by atoms with Crippen LogP contribution < -0.4 is 9.84 Å². The van der Waals surface area contributed by atoms with Gasteiger partial charge in [0.2, 0.25) is 0 Å². The van der Waals surface area contributed by atoms with E-state index in [9.17, 15) is 19.5 Å². The Hall–Kier alpha value is -3.67. The standard InChI is InChI=1S/C30H31NO5/c1-19-8-10-20(11-9-19)18-36-22-14-12-21(13-15-22)28-29-23(4-2-6-25(29)32)31(17-16-27(34)35)24-5-3-7-26(33)30(24)28/h8-15,28H,2-7,16-18H2,1H3,(H,34,35)/p-1. The third-order valence-corrected chi connectivity index (χ3v) is 7.37. The first-order chi connectivity index (χ1) is 17.4. The molecule has 2 aromatic carbocycles. The predicted octanol–water partition coefficient (Wildman–Crippen LogP) is 4.13. The first-order valence-electron chi connectivity index (χ1n) is 12.7. The molecule has 0 N–H and O–H groups in total. The number of hydrogen-bond donors (Lipinski definition) is 0. The minimum atomic E-state index is -1.13. The maximum absolute atomic E-state index is 13.3. The van der Waals surface area contributed by atoms with Crippen molar-refractivity contribution in [2.24, 2.45) is 0 Å². The molecule has 0 fully saturated rings. The van der Waals surface area contributed by atoms with Crippen molar-refractivity contribution in [1.29, 1.82) is 0 Å². The Balaban J connectivity index is 1.48. The van der Waals surface area contributed by atoms with E-state index >= 15 is 0 Å². The van der Waals surface area contributed by atoms with Crippen LogP contribution in [0.5, 0.6) is 5.75 Å². The Kier molecular flexibility index (Phi) is 6.77. The summed E-state index contributed by atoms with van der Waals surface area (Å²) in [5.41, 5.74) is 6.24. The zero-order valence-electron chi connectivity index (χ0n) is 20.5. The highest BCUT2D eigenvalue weighted by Crippen LogP contribution is 2.49. The zero-order chi connectivity index (χ0) is 25.2. The number of carbonyl (C=O) groups excluding carboxylic acids is 3. The third kappa shape index (κ3) is 4.72. The number of benzene rings is 2. The van der Waals surface area contributed by atoms with Crippen molar-refractivity contribution in [3.63, 3.8) is 0 Å². The largest absolute Gasteiger partial charge is 0.550 e. The van der Waals surface area contributed by atoms with Crippen molar-refractivity contribution in [2.75, 3.05) is 6.54 Å². The van der Waals surface area contributed by atoms with E-state index in [1.165, 1.54) is 5.56 Å². The smallest absolute Gasteiger partial charge is 0.161 e. The molecule has 0 spiro atoms. The van der Waals surface area contributed by atoms with Crippen LogP contribution in [0, 0.1) is 6.92 Å². The molecule has 1 heterocycles. The van der Waals surface area contributed by atoms with Crippen molar-refractivity contribution in [3.05, 3.63) is 87.8 Å². The fraction of sp³-hybridized carbons (Fsp3) is 0.367. The summed E-state index contributed by atoms with van der Waals surface area (Å²) in [6.45, 7) is 2.73. The van der Waals surface area contributed by atoms with Crippen molar-refractivity contribution in [1.82, 2.24) is 4.90 Å². The van der Waals surface area contributed by atoms with Crippen LogP contribution in [-0.2, 0) is 21.0 Å². The van der Waals surface area contributed by atoms with Crippen LogP contribution in [0.4, 0.5) is 0 Å². The van der Waals surface area contributed by atoms with Crippen molar-refractivity contribution >= 4 is 17.5 Å². The molecule has 0 amide bonds. The normalized spacial score (nSPS) is 18.3. The average molecular weight is 485 g/mol. The molecule has 0 saturated heterocycles. The molecule has 6 nitrogen and oxygen atoms in total. The number of aliphatic carboxylic acids is 1. The monoisotopic (exact) mass is 484 g/mol. The highest BCUT2D eigenvalue weighted by molar-refractivity contribution is 6.06. The SMILES string of the molecule is Cc1ccc(COc2ccc(C3C4=C(CCCC4=O)N(CCC(=O)[O-])C4=C3C(=O)CCC4)cc2)cc1. The van der Waals surface area contributed by atoms with Crippen molar-refractivity contribution in [3.8, 4) is 5.75 Å². The van der Waals surface area contributed by atoms with E-state index in [0.29, 0.717) is 43.4 Å². The Morgan fingerprint density at radius 2 is 1.47 bits per heavy atom. The van der Waals surface area contributed by atoms with E-state index in [4.69, 9.17) is 4.74 Å². The second-order valence-electron chi connectivity index (χ2n) is 9.82. The molecule has 3 aliphatic rings. The lowest BCUT2D eigenvalue weighted by Crippen LogP contribution is -2.40. The Bertz CT molecular complexity index is 1210. The molecule has 0 saturated carbocycles. The van der Waals surface area contributed by atoms with E-state index in [1.807, 2.05) is 48.2 Å². The van der Waals surface area contributed by atoms with Crippen LogP contribution in [0.3, 0.4) is 0 Å². The summed E-state index contributed by atoms with van der Waals surface area (Å²) >= 11 is 0. The maximum Gasteiger partial charge on any atom is 0.161 e. The Labute approximate surface area is 211 Å². The van der Waals surface area contributed by atoms with Gasteiger partial charge in [-0.05, 0) is 55.9 Å². The second-order valence-corrected chi connectivity index (χ2v) is 9.82. The minimum absolute atomic E-state index is 0.0457. The fourth-order valence-electron chi connectivity index (χ4n) is 5.63. The summed E-state index contributed by atoms with van der Waals surface area (Å²) in [5, 5.41) is 11.3. The fourth-order valence-corrected chi connectivity index (χ4v) is 5.63. The number of ether oxygens (including phenoxy) is 1. The van der Waals surface area contributed by atoms with Crippen LogP contribution in [-0.4, -0.2) is 29.0 Å². The quantitative estimate of drug-likeness (QED) is 0.587. The Morgan fingerprint density at radius 1 is 0.889 bits per heavy atom. The zero-order valence-corrected chi connectivity index (χ0v) is 20.5. The average Bonchev–Trinajstić information content (AvgIpc) is 2.87. The molecule has 6 heteroatoms. The van der Waals surface area contributed by atoms with Gasteiger partial charge in [0.05, 0.1) is 0 Å². The van der Waals surface area contributed by atoms with Gasteiger partial charge in [-0.25, -0.2) is 0 Å². The summed E-state index contributed by atoms with van der Waals surface area (Å²) in [6, 6.07) is 15.9. The molecule has 0 aromatic heterocycles. The summed E-state index contributed by atoms with van der Waals surface area (Å²) < 4.78 is 5.97. The minimum Gasteiger partial charge on any atom is -0.550 e. The number of aryl methyl sites for hydroxylation is 1.